The van der Waals surface area contributed by atoms with E-state index in [2.05, 4.69) is 24.0 Å². The normalized spacial score (nSPS) is 11.1. The number of halogens is 1. The molecule has 3 nitrogen and oxygen atoms in total. The third-order valence-corrected chi connectivity index (χ3v) is 2.00. The zero-order valence-corrected chi connectivity index (χ0v) is 8.47. The monoisotopic (exact) mass is 187 g/mol. The maximum absolute atomic E-state index is 5.66. The lowest BCUT2D eigenvalue weighted by Crippen LogP contribution is -2.04. The highest BCUT2D eigenvalue weighted by Crippen LogP contribution is 2.07. The van der Waals surface area contributed by atoms with Gasteiger partial charge in [-0.15, -0.1) is 21.8 Å². The van der Waals surface area contributed by atoms with Gasteiger partial charge in [0, 0.05) is 13.5 Å². The van der Waals surface area contributed by atoms with Gasteiger partial charge in [-0.1, -0.05) is 13.8 Å². The molecule has 0 aromatic carbocycles. The molecule has 0 unspecified atom stereocenters. The van der Waals surface area contributed by atoms with Crippen LogP contribution in [-0.4, -0.2) is 14.8 Å². The third kappa shape index (κ3) is 1.97. The zero-order valence-electron chi connectivity index (χ0n) is 7.71. The summed E-state index contributed by atoms with van der Waals surface area (Å²) in [7, 11) is 1.95. The lowest BCUT2D eigenvalue weighted by atomic mass is 10.1. The van der Waals surface area contributed by atoms with Gasteiger partial charge in [0.15, 0.2) is 0 Å². The molecule has 1 aromatic rings. The van der Waals surface area contributed by atoms with Gasteiger partial charge in [0.05, 0.1) is 5.88 Å². The van der Waals surface area contributed by atoms with Gasteiger partial charge in [-0.25, -0.2) is 0 Å². The smallest absolute Gasteiger partial charge is 0.147 e. The summed E-state index contributed by atoms with van der Waals surface area (Å²) in [6, 6.07) is 0. The van der Waals surface area contributed by atoms with Crippen LogP contribution in [0.25, 0.3) is 0 Å². The summed E-state index contributed by atoms with van der Waals surface area (Å²) in [4.78, 5) is 0. The largest absolute Gasteiger partial charge is 0.317 e. The molecule has 0 N–H and O–H groups in total. The molecule has 1 rings (SSSR count). The van der Waals surface area contributed by atoms with Crippen molar-refractivity contribution in [2.24, 2.45) is 13.0 Å². The maximum Gasteiger partial charge on any atom is 0.147 e. The fourth-order valence-electron chi connectivity index (χ4n) is 1.06. The van der Waals surface area contributed by atoms with Crippen LogP contribution in [0.2, 0.25) is 0 Å². The van der Waals surface area contributed by atoms with Gasteiger partial charge in [0.2, 0.25) is 0 Å². The molecule has 0 aliphatic rings. The molecule has 1 aromatic heterocycles. The van der Waals surface area contributed by atoms with E-state index in [1.165, 1.54) is 0 Å². The first-order chi connectivity index (χ1) is 5.65. The Balaban J connectivity index is 2.80. The highest BCUT2D eigenvalue weighted by molar-refractivity contribution is 6.16. The SMILES string of the molecule is CC(C)Cc1nnc(CCl)n1C. The minimum Gasteiger partial charge on any atom is -0.317 e. The molecule has 0 saturated heterocycles. The molecule has 0 aliphatic carbocycles. The predicted molar refractivity (Wildman–Crippen MR) is 49.1 cm³/mol. The minimum absolute atomic E-state index is 0.432. The lowest BCUT2D eigenvalue weighted by Gasteiger charge is -2.03. The van der Waals surface area contributed by atoms with Crippen molar-refractivity contribution >= 4 is 11.6 Å². The highest BCUT2D eigenvalue weighted by Gasteiger charge is 2.08. The summed E-state index contributed by atoms with van der Waals surface area (Å²) in [5.74, 6) is 2.89. The molecular formula is C8H14ClN3. The van der Waals surface area contributed by atoms with Crippen molar-refractivity contribution in [1.82, 2.24) is 14.8 Å². The van der Waals surface area contributed by atoms with Crippen LogP contribution in [-0.2, 0) is 19.3 Å². The van der Waals surface area contributed by atoms with Gasteiger partial charge < -0.3 is 4.57 Å². The number of hydrogen-bond donors (Lipinski definition) is 0. The number of hydrogen-bond acceptors (Lipinski definition) is 2. The Bertz CT molecular complexity index is 255. The molecule has 0 amide bonds. The first-order valence-corrected chi connectivity index (χ1v) is 4.61. The second kappa shape index (κ2) is 3.90. The lowest BCUT2D eigenvalue weighted by molar-refractivity contribution is 0.598. The summed E-state index contributed by atoms with van der Waals surface area (Å²) < 4.78 is 1.97. The molecule has 0 spiro atoms. The summed E-state index contributed by atoms with van der Waals surface area (Å²) in [5.41, 5.74) is 0. The van der Waals surface area contributed by atoms with Crippen LogP contribution in [0.4, 0.5) is 0 Å². The molecule has 0 atom stereocenters. The van der Waals surface area contributed by atoms with Crippen LogP contribution in [0.5, 0.6) is 0 Å². The molecule has 0 saturated carbocycles. The molecule has 0 fully saturated rings. The maximum atomic E-state index is 5.66. The minimum atomic E-state index is 0.432. The number of rotatable bonds is 3. The van der Waals surface area contributed by atoms with E-state index in [-0.39, 0.29) is 0 Å². The van der Waals surface area contributed by atoms with Crippen LogP contribution in [0.1, 0.15) is 25.5 Å². The molecule has 12 heavy (non-hydrogen) atoms. The Kier molecular flexibility index (Phi) is 3.09. The van der Waals surface area contributed by atoms with Crippen molar-refractivity contribution in [1.29, 1.82) is 0 Å². The van der Waals surface area contributed by atoms with Crippen molar-refractivity contribution < 1.29 is 0 Å². The van der Waals surface area contributed by atoms with Crippen molar-refractivity contribution in [3.05, 3.63) is 11.6 Å². The Hall–Kier alpha value is -0.570. The van der Waals surface area contributed by atoms with E-state index in [1.807, 2.05) is 11.6 Å². The molecule has 0 bridgehead atoms. The highest BCUT2D eigenvalue weighted by atomic mass is 35.5. The Labute approximate surface area is 77.8 Å². The van der Waals surface area contributed by atoms with E-state index in [4.69, 9.17) is 11.6 Å². The van der Waals surface area contributed by atoms with Crippen molar-refractivity contribution in [3.8, 4) is 0 Å². The molecule has 1 heterocycles. The van der Waals surface area contributed by atoms with E-state index < -0.39 is 0 Å². The average molecular weight is 188 g/mol. The Morgan fingerprint density at radius 2 is 1.92 bits per heavy atom. The van der Waals surface area contributed by atoms with Gasteiger partial charge >= 0.3 is 0 Å². The topological polar surface area (TPSA) is 30.7 Å². The van der Waals surface area contributed by atoms with Crippen molar-refractivity contribution in [2.45, 2.75) is 26.1 Å². The van der Waals surface area contributed by atoms with E-state index in [0.29, 0.717) is 11.8 Å². The van der Waals surface area contributed by atoms with Gasteiger partial charge in [0.1, 0.15) is 11.6 Å². The van der Waals surface area contributed by atoms with E-state index >= 15 is 0 Å². The van der Waals surface area contributed by atoms with Crippen LogP contribution in [0.15, 0.2) is 0 Å². The summed E-state index contributed by atoms with van der Waals surface area (Å²) in [6.07, 6.45) is 0.959. The Morgan fingerprint density at radius 1 is 1.33 bits per heavy atom. The van der Waals surface area contributed by atoms with E-state index in [0.717, 1.165) is 18.1 Å². The van der Waals surface area contributed by atoms with Gasteiger partial charge in [-0.2, -0.15) is 0 Å². The van der Waals surface area contributed by atoms with Gasteiger partial charge in [0.25, 0.3) is 0 Å². The quantitative estimate of drug-likeness (QED) is 0.676. The first kappa shape index (κ1) is 9.52. The van der Waals surface area contributed by atoms with E-state index in [9.17, 15) is 0 Å². The van der Waals surface area contributed by atoms with Crippen LogP contribution in [0.3, 0.4) is 0 Å². The predicted octanol–water partition coefficient (Wildman–Crippen LogP) is 1.75. The molecule has 0 radical (unpaired) electrons. The van der Waals surface area contributed by atoms with Crippen LogP contribution in [0, 0.1) is 5.92 Å². The van der Waals surface area contributed by atoms with Crippen LogP contribution >= 0.6 is 11.6 Å². The second-order valence-corrected chi connectivity index (χ2v) is 3.59. The summed E-state index contributed by atoms with van der Waals surface area (Å²) >= 11 is 5.66. The standard InChI is InChI=1S/C8H14ClN3/c1-6(2)4-7-10-11-8(5-9)12(7)3/h6H,4-5H2,1-3H3. The summed E-state index contributed by atoms with van der Waals surface area (Å²) in [5, 5.41) is 8.02. The molecule has 4 heteroatoms. The molecule has 68 valence electrons. The van der Waals surface area contributed by atoms with Gasteiger partial charge in [-0.3, -0.25) is 0 Å². The van der Waals surface area contributed by atoms with Crippen molar-refractivity contribution in [2.75, 3.05) is 0 Å². The fraction of sp³-hybridized carbons (Fsp3) is 0.750. The number of alkyl halides is 1. The second-order valence-electron chi connectivity index (χ2n) is 3.32. The third-order valence-electron chi connectivity index (χ3n) is 1.77. The summed E-state index contributed by atoms with van der Waals surface area (Å²) in [6.45, 7) is 4.32. The fourth-order valence-corrected chi connectivity index (χ4v) is 1.29. The zero-order chi connectivity index (χ0) is 9.14. The number of aromatic nitrogens is 3. The molecular weight excluding hydrogens is 174 g/mol. The molecule has 0 aliphatic heterocycles. The number of nitrogens with zero attached hydrogens (tertiary/aromatic N) is 3. The first-order valence-electron chi connectivity index (χ1n) is 4.08. The van der Waals surface area contributed by atoms with E-state index in [1.54, 1.807) is 0 Å². The average Bonchev–Trinajstić information content (AvgIpc) is 2.32. The van der Waals surface area contributed by atoms with Crippen molar-refractivity contribution in [3.63, 3.8) is 0 Å². The Morgan fingerprint density at radius 3 is 2.33 bits per heavy atom. The van der Waals surface area contributed by atoms with Gasteiger partial charge in [-0.05, 0) is 5.92 Å². The van der Waals surface area contributed by atoms with Crippen LogP contribution < -0.4 is 0 Å².